The molecular formula is C12H23NO2S3. The van der Waals surface area contributed by atoms with E-state index < -0.39 is 9.84 Å². The molecule has 3 nitrogen and oxygen atoms in total. The summed E-state index contributed by atoms with van der Waals surface area (Å²) in [6.45, 7) is 2.21. The minimum Gasteiger partial charge on any atom is -0.367 e. The molecule has 1 fully saturated rings. The highest BCUT2D eigenvalue weighted by molar-refractivity contribution is 8.22. The van der Waals surface area contributed by atoms with Crippen molar-refractivity contribution < 1.29 is 8.42 Å². The molecule has 1 atom stereocenters. The Labute approximate surface area is 120 Å². The highest BCUT2D eigenvalue weighted by atomic mass is 32.2. The van der Waals surface area contributed by atoms with Crippen molar-refractivity contribution in [3.8, 4) is 0 Å². The van der Waals surface area contributed by atoms with Crippen molar-refractivity contribution in [3.63, 3.8) is 0 Å². The summed E-state index contributed by atoms with van der Waals surface area (Å²) < 4.78 is 23.3. The van der Waals surface area contributed by atoms with Crippen LogP contribution in [0, 0.1) is 0 Å². The van der Waals surface area contributed by atoms with Crippen LogP contribution in [0.2, 0.25) is 0 Å². The number of rotatable bonds is 7. The molecule has 0 spiro atoms. The second-order valence-electron chi connectivity index (χ2n) is 4.79. The fraction of sp³-hybridized carbons (Fsp3) is 0.917. The first-order valence-corrected chi connectivity index (χ1v) is 9.89. The number of sulfone groups is 1. The molecule has 0 bridgehead atoms. The zero-order valence-electron chi connectivity index (χ0n) is 11.0. The maximum absolute atomic E-state index is 11.3. The summed E-state index contributed by atoms with van der Waals surface area (Å²) in [5, 5.41) is 3.15. The van der Waals surface area contributed by atoms with E-state index in [1.807, 2.05) is 0 Å². The van der Waals surface area contributed by atoms with E-state index in [4.69, 9.17) is 12.2 Å². The summed E-state index contributed by atoms with van der Waals surface area (Å²) in [6.07, 6.45) is 7.03. The van der Waals surface area contributed by atoms with E-state index in [1.54, 1.807) is 11.8 Å². The molecule has 1 unspecified atom stereocenters. The fourth-order valence-corrected chi connectivity index (χ4v) is 4.86. The predicted molar refractivity (Wildman–Crippen MR) is 84.0 cm³/mol. The van der Waals surface area contributed by atoms with Gasteiger partial charge in [0.05, 0.1) is 11.5 Å². The van der Waals surface area contributed by atoms with E-state index in [9.17, 15) is 8.42 Å². The molecule has 1 aliphatic rings. The first-order valence-electron chi connectivity index (χ1n) is 6.67. The lowest BCUT2D eigenvalue weighted by Gasteiger charge is -2.12. The Morgan fingerprint density at radius 1 is 1.33 bits per heavy atom. The molecule has 0 aromatic heterocycles. The first kappa shape index (κ1) is 16.2. The Balaban J connectivity index is 2.04. The fourth-order valence-electron chi connectivity index (χ4n) is 1.99. The monoisotopic (exact) mass is 309 g/mol. The van der Waals surface area contributed by atoms with Gasteiger partial charge in [-0.15, -0.1) is 0 Å². The van der Waals surface area contributed by atoms with E-state index in [-0.39, 0.29) is 11.8 Å². The number of hydrogen-bond acceptors (Lipinski definition) is 4. The SMILES string of the molecule is CCCCCCCSC(=S)NC1CCS(=O)(=O)C1. The summed E-state index contributed by atoms with van der Waals surface area (Å²) in [6, 6.07) is 0.0371. The van der Waals surface area contributed by atoms with Gasteiger partial charge in [0.15, 0.2) is 9.84 Å². The molecule has 0 radical (unpaired) electrons. The van der Waals surface area contributed by atoms with Gasteiger partial charge in [-0.2, -0.15) is 0 Å². The van der Waals surface area contributed by atoms with Crippen molar-refractivity contribution in [1.29, 1.82) is 0 Å². The number of thiocarbonyl (C=S) groups is 1. The minimum atomic E-state index is -2.81. The highest BCUT2D eigenvalue weighted by Crippen LogP contribution is 2.14. The number of hydrogen-bond donors (Lipinski definition) is 1. The van der Waals surface area contributed by atoms with Crippen molar-refractivity contribution in [1.82, 2.24) is 5.32 Å². The third-order valence-electron chi connectivity index (χ3n) is 3.04. The smallest absolute Gasteiger partial charge is 0.152 e. The van der Waals surface area contributed by atoms with Crippen LogP contribution in [0.15, 0.2) is 0 Å². The average Bonchev–Trinajstić information content (AvgIpc) is 2.63. The molecule has 1 saturated heterocycles. The molecule has 1 aliphatic heterocycles. The summed E-state index contributed by atoms with van der Waals surface area (Å²) in [5.74, 6) is 1.58. The van der Waals surface area contributed by atoms with Gasteiger partial charge in [0.2, 0.25) is 0 Å². The van der Waals surface area contributed by atoms with Gasteiger partial charge in [0.1, 0.15) is 4.32 Å². The van der Waals surface area contributed by atoms with Gasteiger partial charge in [-0.25, -0.2) is 8.42 Å². The van der Waals surface area contributed by atoms with Crippen molar-refractivity contribution in [2.45, 2.75) is 51.5 Å². The summed E-state index contributed by atoms with van der Waals surface area (Å²) in [7, 11) is -2.81. The maximum atomic E-state index is 11.3. The van der Waals surface area contributed by atoms with Gasteiger partial charge >= 0.3 is 0 Å². The molecule has 0 aliphatic carbocycles. The summed E-state index contributed by atoms with van der Waals surface area (Å²) in [5.41, 5.74) is 0. The standard InChI is InChI=1S/C12H23NO2S3/c1-2-3-4-5-6-8-17-12(16)13-11-7-9-18(14,15)10-11/h11H,2-10H2,1H3,(H,13,16). The van der Waals surface area contributed by atoms with Crippen molar-refractivity contribution in [2.75, 3.05) is 17.3 Å². The van der Waals surface area contributed by atoms with Crippen LogP contribution >= 0.6 is 24.0 Å². The van der Waals surface area contributed by atoms with Gasteiger partial charge in [-0.05, 0) is 12.8 Å². The number of unbranched alkanes of at least 4 members (excludes halogenated alkanes) is 4. The first-order chi connectivity index (χ1) is 8.53. The van der Waals surface area contributed by atoms with Crippen LogP contribution in [0.5, 0.6) is 0 Å². The highest BCUT2D eigenvalue weighted by Gasteiger charge is 2.28. The zero-order valence-corrected chi connectivity index (χ0v) is 13.4. The van der Waals surface area contributed by atoms with Crippen molar-refractivity contribution >= 4 is 38.1 Å². The quantitative estimate of drug-likeness (QED) is 0.579. The van der Waals surface area contributed by atoms with E-state index >= 15 is 0 Å². The lowest BCUT2D eigenvalue weighted by Crippen LogP contribution is -2.32. The summed E-state index contributed by atoms with van der Waals surface area (Å²) >= 11 is 6.87. The van der Waals surface area contributed by atoms with Crippen LogP contribution in [0.4, 0.5) is 0 Å². The Morgan fingerprint density at radius 3 is 2.67 bits per heavy atom. The van der Waals surface area contributed by atoms with Gasteiger partial charge in [0.25, 0.3) is 0 Å². The molecule has 1 heterocycles. The second-order valence-corrected chi connectivity index (χ2v) is 8.79. The third-order valence-corrected chi connectivity index (χ3v) is 6.15. The van der Waals surface area contributed by atoms with E-state index in [2.05, 4.69) is 12.2 Å². The average molecular weight is 310 g/mol. The molecule has 0 aromatic rings. The van der Waals surface area contributed by atoms with Crippen LogP contribution in [-0.4, -0.2) is 36.0 Å². The van der Waals surface area contributed by atoms with Gasteiger partial charge < -0.3 is 5.32 Å². The van der Waals surface area contributed by atoms with Crippen LogP contribution in [0.3, 0.4) is 0 Å². The summed E-state index contributed by atoms with van der Waals surface area (Å²) in [4.78, 5) is 0. The molecule has 0 amide bonds. The molecular weight excluding hydrogens is 286 g/mol. The lowest BCUT2D eigenvalue weighted by molar-refractivity contribution is 0.600. The van der Waals surface area contributed by atoms with Crippen LogP contribution in [0.1, 0.15) is 45.4 Å². The van der Waals surface area contributed by atoms with Crippen LogP contribution in [-0.2, 0) is 9.84 Å². The van der Waals surface area contributed by atoms with Gasteiger partial charge in [-0.1, -0.05) is 56.6 Å². The molecule has 6 heteroatoms. The van der Waals surface area contributed by atoms with Crippen molar-refractivity contribution in [2.24, 2.45) is 0 Å². The zero-order chi connectivity index (χ0) is 13.4. The Kier molecular flexibility index (Phi) is 7.56. The minimum absolute atomic E-state index is 0.0371. The molecule has 106 valence electrons. The van der Waals surface area contributed by atoms with Gasteiger partial charge in [0, 0.05) is 11.8 Å². The molecule has 1 rings (SSSR count). The van der Waals surface area contributed by atoms with Crippen LogP contribution in [0.25, 0.3) is 0 Å². The Morgan fingerprint density at radius 2 is 2.06 bits per heavy atom. The van der Waals surface area contributed by atoms with E-state index in [1.165, 1.54) is 32.1 Å². The van der Waals surface area contributed by atoms with E-state index in [0.29, 0.717) is 12.2 Å². The topological polar surface area (TPSA) is 46.2 Å². The van der Waals surface area contributed by atoms with E-state index in [0.717, 1.165) is 10.1 Å². The number of thioether (sulfide) groups is 1. The lowest BCUT2D eigenvalue weighted by atomic mass is 10.2. The largest absolute Gasteiger partial charge is 0.367 e. The molecule has 0 saturated carbocycles. The molecule has 0 aromatic carbocycles. The Hall–Kier alpha value is 0.190. The third kappa shape index (κ3) is 6.95. The van der Waals surface area contributed by atoms with Crippen LogP contribution < -0.4 is 5.32 Å². The maximum Gasteiger partial charge on any atom is 0.152 e. The Bertz CT molecular complexity index is 354. The predicted octanol–water partition coefficient (Wildman–Crippen LogP) is 2.75. The molecule has 1 N–H and O–H groups in total. The second kappa shape index (κ2) is 8.38. The van der Waals surface area contributed by atoms with Gasteiger partial charge in [-0.3, -0.25) is 0 Å². The molecule has 18 heavy (non-hydrogen) atoms. The number of nitrogens with one attached hydrogen (secondary N) is 1. The van der Waals surface area contributed by atoms with Crippen molar-refractivity contribution in [3.05, 3.63) is 0 Å². The normalized spacial score (nSPS) is 21.9.